The lowest BCUT2D eigenvalue weighted by Gasteiger charge is -2.13. The van der Waals surface area contributed by atoms with Crippen molar-refractivity contribution in [1.82, 2.24) is 4.98 Å². The maximum absolute atomic E-state index is 12.9. The molecule has 128 valence electrons. The van der Waals surface area contributed by atoms with Crippen molar-refractivity contribution in [2.24, 2.45) is 0 Å². The van der Waals surface area contributed by atoms with E-state index in [-0.39, 0.29) is 6.07 Å². The molecule has 0 aliphatic rings. The van der Waals surface area contributed by atoms with Crippen molar-refractivity contribution in [1.29, 1.82) is 0 Å². The highest BCUT2D eigenvalue weighted by Gasteiger charge is 2.36. The molecule has 11 heteroatoms. The molecule has 1 heterocycles. The van der Waals surface area contributed by atoms with Crippen LogP contribution in [0.2, 0.25) is 0 Å². The zero-order valence-corrected chi connectivity index (χ0v) is 11.4. The maximum Gasteiger partial charge on any atom is 0.420 e. The van der Waals surface area contributed by atoms with Crippen molar-refractivity contribution >= 4 is 5.69 Å². The molecule has 1 aromatic carbocycles. The molecule has 2 rings (SSSR count). The second-order valence-corrected chi connectivity index (χ2v) is 4.42. The van der Waals surface area contributed by atoms with E-state index in [0.29, 0.717) is 18.3 Å². The Balaban J connectivity index is 2.37. The summed E-state index contributed by atoms with van der Waals surface area (Å²) in [6, 6.07) is 3.06. The number of nitrogens with zero attached hydrogens (tertiary/aromatic N) is 2. The highest BCUT2D eigenvalue weighted by atomic mass is 19.4. The number of alkyl halides is 6. The predicted octanol–water partition coefficient (Wildman–Crippen LogP) is 4.82. The van der Waals surface area contributed by atoms with Gasteiger partial charge in [-0.2, -0.15) is 26.3 Å². The summed E-state index contributed by atoms with van der Waals surface area (Å²) in [5.41, 5.74) is -3.36. The van der Waals surface area contributed by atoms with Crippen LogP contribution in [0.3, 0.4) is 0 Å². The molecule has 0 spiro atoms. The molecule has 0 aliphatic carbocycles. The smallest absolute Gasteiger partial charge is 0.420 e. The van der Waals surface area contributed by atoms with Gasteiger partial charge < -0.3 is 4.74 Å². The van der Waals surface area contributed by atoms with Crippen LogP contribution in [0, 0.1) is 10.1 Å². The van der Waals surface area contributed by atoms with Gasteiger partial charge >= 0.3 is 12.4 Å². The highest BCUT2D eigenvalue weighted by molar-refractivity contribution is 5.46. The molecule has 0 radical (unpaired) electrons. The van der Waals surface area contributed by atoms with Crippen LogP contribution in [-0.4, -0.2) is 9.91 Å². The molecule has 0 fully saturated rings. The lowest BCUT2D eigenvalue weighted by molar-refractivity contribution is -0.385. The van der Waals surface area contributed by atoms with Gasteiger partial charge in [-0.1, -0.05) is 0 Å². The minimum atomic E-state index is -4.97. The summed E-state index contributed by atoms with van der Waals surface area (Å²) in [6.45, 7) is 0. The first kappa shape index (κ1) is 17.5. The number of pyridine rings is 1. The minimum absolute atomic E-state index is 0.263. The van der Waals surface area contributed by atoms with Gasteiger partial charge in [0.1, 0.15) is 11.3 Å². The molecule has 24 heavy (non-hydrogen) atoms. The third-order valence-corrected chi connectivity index (χ3v) is 2.76. The van der Waals surface area contributed by atoms with Gasteiger partial charge in [-0.05, 0) is 12.1 Å². The van der Waals surface area contributed by atoms with Gasteiger partial charge in [0.05, 0.1) is 10.5 Å². The van der Waals surface area contributed by atoms with Gasteiger partial charge in [-0.25, -0.2) is 4.98 Å². The SMILES string of the molecule is O=[N+]([O-])c1ccc(Oc2ccc(C(F)(F)F)cn2)c(C(F)(F)F)c1. The summed E-state index contributed by atoms with van der Waals surface area (Å²) in [7, 11) is 0. The Morgan fingerprint density at radius 1 is 1.00 bits per heavy atom. The number of ether oxygens (including phenoxy) is 1. The van der Waals surface area contributed by atoms with E-state index < -0.39 is 45.7 Å². The number of nitro benzene ring substituents is 1. The molecule has 5 nitrogen and oxygen atoms in total. The summed E-state index contributed by atoms with van der Waals surface area (Å²) in [6.07, 6.45) is -9.22. The first-order valence-corrected chi connectivity index (χ1v) is 6.05. The van der Waals surface area contributed by atoms with Gasteiger partial charge in [0.15, 0.2) is 0 Å². The number of aromatic nitrogens is 1. The van der Waals surface area contributed by atoms with E-state index in [1.54, 1.807) is 0 Å². The quantitative estimate of drug-likeness (QED) is 0.451. The number of benzene rings is 1. The number of hydrogen-bond acceptors (Lipinski definition) is 4. The van der Waals surface area contributed by atoms with E-state index in [9.17, 15) is 36.5 Å². The van der Waals surface area contributed by atoms with Crippen molar-refractivity contribution in [3.8, 4) is 11.6 Å². The van der Waals surface area contributed by atoms with Gasteiger partial charge in [-0.15, -0.1) is 0 Å². The summed E-state index contributed by atoms with van der Waals surface area (Å²) < 4.78 is 80.8. The molecule has 0 aliphatic heterocycles. The minimum Gasteiger partial charge on any atom is -0.438 e. The van der Waals surface area contributed by atoms with Gasteiger partial charge in [0, 0.05) is 24.4 Å². The fourth-order valence-corrected chi connectivity index (χ4v) is 1.66. The lowest BCUT2D eigenvalue weighted by atomic mass is 10.1. The monoisotopic (exact) mass is 352 g/mol. The molecule has 2 aromatic rings. The van der Waals surface area contributed by atoms with Crippen LogP contribution in [0.4, 0.5) is 32.0 Å². The number of halogens is 6. The van der Waals surface area contributed by atoms with E-state index >= 15 is 0 Å². The fraction of sp³-hybridized carbons (Fsp3) is 0.154. The number of nitro groups is 1. The average Bonchev–Trinajstić information content (AvgIpc) is 2.46. The second kappa shape index (κ2) is 5.98. The van der Waals surface area contributed by atoms with Gasteiger partial charge in [-0.3, -0.25) is 10.1 Å². The van der Waals surface area contributed by atoms with Gasteiger partial charge in [0.2, 0.25) is 5.88 Å². The van der Waals surface area contributed by atoms with Crippen molar-refractivity contribution in [3.05, 3.63) is 57.8 Å². The molecule has 0 saturated heterocycles. The van der Waals surface area contributed by atoms with Crippen molar-refractivity contribution in [3.63, 3.8) is 0 Å². The Kier molecular flexibility index (Phi) is 4.36. The largest absolute Gasteiger partial charge is 0.438 e. The normalized spacial score (nSPS) is 12.1. The van der Waals surface area contributed by atoms with Crippen LogP contribution < -0.4 is 4.74 Å². The van der Waals surface area contributed by atoms with Crippen LogP contribution in [-0.2, 0) is 12.4 Å². The second-order valence-electron chi connectivity index (χ2n) is 4.42. The lowest BCUT2D eigenvalue weighted by Crippen LogP contribution is -2.09. The number of rotatable bonds is 3. The van der Waals surface area contributed by atoms with Crippen LogP contribution in [0.25, 0.3) is 0 Å². The van der Waals surface area contributed by atoms with Crippen LogP contribution >= 0.6 is 0 Å². The summed E-state index contributed by atoms with van der Waals surface area (Å²) >= 11 is 0. The maximum atomic E-state index is 12.9. The van der Waals surface area contributed by atoms with E-state index in [4.69, 9.17) is 4.74 Å². The Labute approximate surface area is 129 Å². The molecule has 0 saturated carbocycles. The molecule has 0 amide bonds. The molecule has 0 N–H and O–H groups in total. The number of non-ortho nitro benzene ring substituents is 1. The Hall–Kier alpha value is -2.85. The summed E-state index contributed by atoms with van der Waals surface area (Å²) in [5.74, 6) is -1.34. The van der Waals surface area contributed by atoms with Crippen molar-refractivity contribution in [2.75, 3.05) is 0 Å². The average molecular weight is 352 g/mol. The molecule has 0 unspecified atom stereocenters. The molecule has 1 aromatic heterocycles. The Morgan fingerprint density at radius 3 is 2.12 bits per heavy atom. The summed E-state index contributed by atoms with van der Waals surface area (Å²) in [5, 5.41) is 10.6. The predicted molar refractivity (Wildman–Crippen MR) is 67.4 cm³/mol. The zero-order chi connectivity index (χ0) is 18.1. The standard InChI is InChI=1S/C13H6F6N2O3/c14-12(15,16)7-1-4-11(20-6-7)24-10-3-2-8(21(22)23)5-9(10)13(17,18)19/h1-6H. The third kappa shape index (κ3) is 3.91. The molecular weight excluding hydrogens is 346 g/mol. The Morgan fingerprint density at radius 2 is 1.67 bits per heavy atom. The molecular formula is C13H6F6N2O3. The van der Waals surface area contributed by atoms with Crippen molar-refractivity contribution in [2.45, 2.75) is 12.4 Å². The number of hydrogen-bond donors (Lipinski definition) is 0. The first-order chi connectivity index (χ1) is 11.0. The van der Waals surface area contributed by atoms with Crippen LogP contribution in [0.5, 0.6) is 11.6 Å². The van der Waals surface area contributed by atoms with E-state index in [2.05, 4.69) is 4.98 Å². The zero-order valence-electron chi connectivity index (χ0n) is 11.4. The van der Waals surface area contributed by atoms with Crippen LogP contribution in [0.15, 0.2) is 36.5 Å². The van der Waals surface area contributed by atoms with E-state index in [1.807, 2.05) is 0 Å². The Bertz CT molecular complexity index is 756. The van der Waals surface area contributed by atoms with Gasteiger partial charge in [0.25, 0.3) is 5.69 Å². The van der Waals surface area contributed by atoms with Crippen molar-refractivity contribution < 1.29 is 36.0 Å². The van der Waals surface area contributed by atoms with Crippen LogP contribution in [0.1, 0.15) is 11.1 Å². The third-order valence-electron chi connectivity index (χ3n) is 2.76. The van der Waals surface area contributed by atoms with E-state index in [1.165, 1.54) is 0 Å². The topological polar surface area (TPSA) is 65.3 Å². The molecule has 0 atom stereocenters. The fourth-order valence-electron chi connectivity index (χ4n) is 1.66. The first-order valence-electron chi connectivity index (χ1n) is 6.05. The highest BCUT2D eigenvalue weighted by Crippen LogP contribution is 2.40. The summed E-state index contributed by atoms with van der Waals surface area (Å²) in [4.78, 5) is 12.8. The van der Waals surface area contributed by atoms with E-state index in [0.717, 1.165) is 12.1 Å². The molecule has 0 bridgehead atoms.